The predicted octanol–water partition coefficient (Wildman–Crippen LogP) is 5.52. The van der Waals surface area contributed by atoms with Gasteiger partial charge < -0.3 is 19.5 Å². The Morgan fingerprint density at radius 2 is 1.63 bits per heavy atom. The number of nitrogens with one attached hydrogen (secondary N) is 1. The van der Waals surface area contributed by atoms with E-state index in [4.69, 9.17) is 14.2 Å². The second kappa shape index (κ2) is 9.69. The average molecular weight is 466 g/mol. The lowest BCUT2D eigenvalue weighted by Gasteiger charge is -2.13. The highest BCUT2D eigenvalue weighted by atomic mass is 16.5. The molecule has 3 aromatic carbocycles. The fourth-order valence-electron chi connectivity index (χ4n) is 3.96. The molecule has 174 valence electrons. The van der Waals surface area contributed by atoms with Crippen LogP contribution in [0.15, 0.2) is 85.3 Å². The summed E-state index contributed by atoms with van der Waals surface area (Å²) in [7, 11) is 3.18. The molecule has 0 radical (unpaired) electrons. The molecule has 0 bridgehead atoms. The van der Waals surface area contributed by atoms with Crippen LogP contribution in [-0.4, -0.2) is 30.1 Å². The van der Waals surface area contributed by atoms with Crippen molar-refractivity contribution in [3.8, 4) is 23.0 Å². The third-order valence-electron chi connectivity index (χ3n) is 5.73. The number of benzene rings is 3. The summed E-state index contributed by atoms with van der Waals surface area (Å²) in [6.07, 6.45) is 5.11. The summed E-state index contributed by atoms with van der Waals surface area (Å²) in [4.78, 5) is 21.3. The fraction of sp³-hybridized carbons (Fsp3) is 0.107. The van der Waals surface area contributed by atoms with Crippen molar-refractivity contribution < 1.29 is 19.0 Å². The molecular formula is C28H23N3O4. The van der Waals surface area contributed by atoms with E-state index in [2.05, 4.69) is 15.3 Å². The van der Waals surface area contributed by atoms with Crippen LogP contribution >= 0.6 is 0 Å². The Hall–Kier alpha value is -4.65. The van der Waals surface area contributed by atoms with E-state index in [0.29, 0.717) is 35.1 Å². The Morgan fingerprint density at radius 3 is 2.43 bits per heavy atom. The van der Waals surface area contributed by atoms with Gasteiger partial charge in [-0.3, -0.25) is 14.8 Å². The smallest absolute Gasteiger partial charge is 0.252 e. The van der Waals surface area contributed by atoms with Gasteiger partial charge in [0.2, 0.25) is 0 Å². The molecule has 2 aromatic heterocycles. The molecule has 0 fully saturated rings. The second-order valence-corrected chi connectivity index (χ2v) is 7.86. The molecule has 0 saturated carbocycles. The van der Waals surface area contributed by atoms with Crippen LogP contribution in [0.1, 0.15) is 15.9 Å². The number of methoxy groups -OCH3 is 2. The van der Waals surface area contributed by atoms with Crippen molar-refractivity contribution in [1.29, 1.82) is 0 Å². The van der Waals surface area contributed by atoms with E-state index >= 15 is 0 Å². The van der Waals surface area contributed by atoms with E-state index in [0.717, 1.165) is 27.2 Å². The highest BCUT2D eigenvalue weighted by Crippen LogP contribution is 2.37. The lowest BCUT2D eigenvalue weighted by molar-refractivity contribution is 0.0952. The van der Waals surface area contributed by atoms with Gasteiger partial charge in [-0.15, -0.1) is 0 Å². The highest BCUT2D eigenvalue weighted by Gasteiger charge is 2.13. The zero-order valence-corrected chi connectivity index (χ0v) is 19.3. The van der Waals surface area contributed by atoms with Crippen LogP contribution in [0.2, 0.25) is 0 Å². The number of aromatic nitrogens is 2. The summed E-state index contributed by atoms with van der Waals surface area (Å²) in [5.41, 5.74) is 2.33. The molecule has 1 N–H and O–H groups in total. The molecule has 0 aliphatic carbocycles. The maximum absolute atomic E-state index is 12.9. The maximum Gasteiger partial charge on any atom is 0.252 e. The van der Waals surface area contributed by atoms with Crippen molar-refractivity contribution in [3.05, 3.63) is 96.4 Å². The molecule has 0 aliphatic heterocycles. The van der Waals surface area contributed by atoms with Crippen LogP contribution in [0.5, 0.6) is 23.0 Å². The van der Waals surface area contributed by atoms with Crippen LogP contribution in [0, 0.1) is 0 Å². The second-order valence-electron chi connectivity index (χ2n) is 7.86. The molecule has 5 rings (SSSR count). The van der Waals surface area contributed by atoms with Gasteiger partial charge in [0.05, 0.1) is 19.7 Å². The third kappa shape index (κ3) is 4.56. The summed E-state index contributed by atoms with van der Waals surface area (Å²) in [5.74, 6) is 2.35. The molecule has 35 heavy (non-hydrogen) atoms. The van der Waals surface area contributed by atoms with Crippen molar-refractivity contribution in [3.63, 3.8) is 0 Å². The topological polar surface area (TPSA) is 82.6 Å². The van der Waals surface area contributed by atoms with Gasteiger partial charge in [-0.1, -0.05) is 12.1 Å². The van der Waals surface area contributed by atoms with Crippen molar-refractivity contribution in [1.82, 2.24) is 15.3 Å². The molecule has 7 nitrogen and oxygen atoms in total. The first-order valence-electron chi connectivity index (χ1n) is 11.0. The first-order chi connectivity index (χ1) is 17.2. The number of fused-ring (bicyclic) bond motifs is 2. The van der Waals surface area contributed by atoms with Crippen molar-refractivity contribution in [2.24, 2.45) is 0 Å². The SMILES string of the molecule is COc1cc2nccc(Oc3ccc4c(C(=O)NCc5ccncc5)cccc4c3)c2cc1OC. The fourth-order valence-corrected chi connectivity index (χ4v) is 3.96. The predicted molar refractivity (Wildman–Crippen MR) is 134 cm³/mol. The van der Waals surface area contributed by atoms with Crippen LogP contribution < -0.4 is 19.5 Å². The molecule has 0 unspecified atom stereocenters. The Morgan fingerprint density at radius 1 is 0.829 bits per heavy atom. The van der Waals surface area contributed by atoms with Gasteiger partial charge in [0.15, 0.2) is 11.5 Å². The zero-order valence-electron chi connectivity index (χ0n) is 19.3. The maximum atomic E-state index is 12.9. The number of hydrogen-bond acceptors (Lipinski definition) is 6. The van der Waals surface area contributed by atoms with Gasteiger partial charge in [0.1, 0.15) is 11.5 Å². The third-order valence-corrected chi connectivity index (χ3v) is 5.73. The zero-order chi connectivity index (χ0) is 24.2. The van der Waals surface area contributed by atoms with Gasteiger partial charge in [0, 0.05) is 42.2 Å². The van der Waals surface area contributed by atoms with E-state index < -0.39 is 0 Å². The minimum absolute atomic E-state index is 0.137. The van der Waals surface area contributed by atoms with Crippen molar-refractivity contribution >= 4 is 27.6 Å². The minimum atomic E-state index is -0.137. The molecule has 0 saturated heterocycles. The highest BCUT2D eigenvalue weighted by molar-refractivity contribution is 6.07. The Kier molecular flexibility index (Phi) is 6.13. The van der Waals surface area contributed by atoms with E-state index in [1.807, 2.05) is 60.7 Å². The number of ether oxygens (including phenoxy) is 3. The lowest BCUT2D eigenvalue weighted by Crippen LogP contribution is -2.23. The van der Waals surface area contributed by atoms with Gasteiger partial charge in [0.25, 0.3) is 5.91 Å². The Labute approximate surface area is 202 Å². The molecule has 0 aliphatic rings. The van der Waals surface area contributed by atoms with E-state index in [1.165, 1.54) is 0 Å². The molecule has 0 atom stereocenters. The number of nitrogens with zero attached hydrogens (tertiary/aromatic N) is 2. The molecule has 0 spiro atoms. The number of amides is 1. The lowest BCUT2D eigenvalue weighted by atomic mass is 10.0. The van der Waals surface area contributed by atoms with Gasteiger partial charge in [-0.25, -0.2) is 0 Å². The van der Waals surface area contributed by atoms with Crippen molar-refractivity contribution in [2.45, 2.75) is 6.54 Å². The van der Waals surface area contributed by atoms with E-state index in [9.17, 15) is 4.79 Å². The number of rotatable bonds is 7. The summed E-state index contributed by atoms with van der Waals surface area (Å²) in [6.45, 7) is 0.433. The van der Waals surface area contributed by atoms with E-state index in [1.54, 1.807) is 38.9 Å². The molecule has 7 heteroatoms. The van der Waals surface area contributed by atoms with Gasteiger partial charge >= 0.3 is 0 Å². The summed E-state index contributed by atoms with van der Waals surface area (Å²) >= 11 is 0. The van der Waals surface area contributed by atoms with Gasteiger partial charge in [-0.05, 0) is 64.9 Å². The Balaban J connectivity index is 1.43. The molecule has 1 amide bonds. The first kappa shape index (κ1) is 22.2. The summed E-state index contributed by atoms with van der Waals surface area (Å²) in [5, 5.41) is 5.52. The molecule has 5 aromatic rings. The van der Waals surface area contributed by atoms with E-state index in [-0.39, 0.29) is 5.91 Å². The number of carbonyl (C=O) groups is 1. The number of pyridine rings is 2. The normalized spacial score (nSPS) is 10.8. The summed E-state index contributed by atoms with van der Waals surface area (Å²) < 4.78 is 17.1. The molecule has 2 heterocycles. The van der Waals surface area contributed by atoms with Crippen LogP contribution in [0.25, 0.3) is 21.7 Å². The van der Waals surface area contributed by atoms with Gasteiger partial charge in [-0.2, -0.15) is 0 Å². The summed E-state index contributed by atoms with van der Waals surface area (Å²) in [6, 6.07) is 20.6. The average Bonchev–Trinajstić information content (AvgIpc) is 2.91. The first-order valence-corrected chi connectivity index (χ1v) is 11.0. The van der Waals surface area contributed by atoms with Crippen molar-refractivity contribution in [2.75, 3.05) is 14.2 Å². The quantitative estimate of drug-likeness (QED) is 0.341. The van der Waals surface area contributed by atoms with Crippen LogP contribution in [0.4, 0.5) is 0 Å². The minimum Gasteiger partial charge on any atom is -0.493 e. The Bertz CT molecular complexity index is 1520. The molecular weight excluding hydrogens is 442 g/mol. The largest absolute Gasteiger partial charge is 0.493 e. The number of hydrogen-bond donors (Lipinski definition) is 1. The number of carbonyl (C=O) groups excluding carboxylic acids is 1. The standard InChI is InChI=1S/C28H23N3O4/c1-33-26-15-23-24(16-27(26)34-2)30-13-10-25(23)35-20-6-7-21-19(14-20)4-3-5-22(21)28(32)31-17-18-8-11-29-12-9-18/h3-16H,17H2,1-2H3,(H,31,32). The van der Waals surface area contributed by atoms with Crippen LogP contribution in [-0.2, 0) is 6.54 Å². The van der Waals surface area contributed by atoms with Crippen LogP contribution in [0.3, 0.4) is 0 Å². The monoisotopic (exact) mass is 465 g/mol.